The Morgan fingerprint density at radius 1 is 1.06 bits per heavy atom. The molecule has 4 rings (SSSR count). The predicted octanol–water partition coefficient (Wildman–Crippen LogP) is 4.43. The van der Waals surface area contributed by atoms with Crippen LogP contribution in [0.4, 0.5) is 20.6 Å². The highest BCUT2D eigenvalue weighted by molar-refractivity contribution is 6.39. The van der Waals surface area contributed by atoms with Crippen LogP contribution in [-0.4, -0.2) is 30.4 Å². The minimum atomic E-state index is -0.910. The lowest BCUT2D eigenvalue weighted by Gasteiger charge is -2.41. The second kappa shape index (κ2) is 7.44. The van der Waals surface area contributed by atoms with Gasteiger partial charge < -0.3 is 4.90 Å². The smallest absolute Gasteiger partial charge is 0.335 e. The van der Waals surface area contributed by atoms with Crippen LogP contribution in [0, 0.1) is 12.7 Å². The van der Waals surface area contributed by atoms with E-state index in [-0.39, 0.29) is 16.8 Å². The topological polar surface area (TPSA) is 69.7 Å². The second-order valence-electron chi connectivity index (χ2n) is 8.70. The standard InChI is InChI=1S/C25H24FN3O3/c1-14-9-21-19(15(2)13-25(3,4)28(21)5)10-16(14)11-20-22(30)27-24(32)29(23(20)31)18-8-6-7-17(26)12-18/h6-13H,1-5H3,(H,27,30,32)/b20-11+. The van der Waals surface area contributed by atoms with Crippen molar-refractivity contribution in [3.63, 3.8) is 0 Å². The van der Waals surface area contributed by atoms with E-state index in [1.165, 1.54) is 24.3 Å². The van der Waals surface area contributed by atoms with Crippen molar-refractivity contribution in [2.75, 3.05) is 16.8 Å². The van der Waals surface area contributed by atoms with Crippen LogP contribution in [0.2, 0.25) is 0 Å². The molecule has 4 amide bonds. The number of aryl methyl sites for hydroxylation is 1. The van der Waals surface area contributed by atoms with Gasteiger partial charge in [-0.1, -0.05) is 12.1 Å². The zero-order valence-corrected chi connectivity index (χ0v) is 18.6. The minimum absolute atomic E-state index is 0.0516. The second-order valence-corrected chi connectivity index (χ2v) is 8.70. The van der Waals surface area contributed by atoms with Crippen LogP contribution < -0.4 is 15.1 Å². The number of amides is 4. The van der Waals surface area contributed by atoms with Gasteiger partial charge in [0.25, 0.3) is 11.8 Å². The molecule has 0 radical (unpaired) electrons. The van der Waals surface area contributed by atoms with Crippen molar-refractivity contribution in [3.05, 3.63) is 70.6 Å². The molecule has 6 nitrogen and oxygen atoms in total. The van der Waals surface area contributed by atoms with Gasteiger partial charge in [-0.05, 0) is 80.8 Å². The molecule has 2 aromatic carbocycles. The van der Waals surface area contributed by atoms with Gasteiger partial charge in [-0.25, -0.2) is 14.1 Å². The average Bonchev–Trinajstić information content (AvgIpc) is 2.69. The third kappa shape index (κ3) is 3.49. The van der Waals surface area contributed by atoms with Crippen LogP contribution in [0.15, 0.2) is 48.0 Å². The lowest BCUT2D eigenvalue weighted by molar-refractivity contribution is -0.122. The van der Waals surface area contributed by atoms with E-state index in [2.05, 4.69) is 30.1 Å². The summed E-state index contributed by atoms with van der Waals surface area (Å²) in [4.78, 5) is 40.9. The molecule has 7 heteroatoms. The highest BCUT2D eigenvalue weighted by atomic mass is 19.1. The maximum Gasteiger partial charge on any atom is 0.335 e. The summed E-state index contributed by atoms with van der Waals surface area (Å²) in [5.41, 5.74) is 4.45. The van der Waals surface area contributed by atoms with Crippen LogP contribution in [0.3, 0.4) is 0 Å². The van der Waals surface area contributed by atoms with Gasteiger partial charge in [0.05, 0.1) is 11.2 Å². The Labute approximate surface area is 186 Å². The largest absolute Gasteiger partial charge is 0.365 e. The number of nitrogens with zero attached hydrogens (tertiary/aromatic N) is 2. The van der Waals surface area contributed by atoms with Crippen molar-refractivity contribution in [1.82, 2.24) is 5.32 Å². The molecule has 1 N–H and O–H groups in total. The molecule has 0 aliphatic carbocycles. The summed E-state index contributed by atoms with van der Waals surface area (Å²) >= 11 is 0. The molecular weight excluding hydrogens is 409 g/mol. The summed E-state index contributed by atoms with van der Waals surface area (Å²) in [5.74, 6) is -2.17. The number of anilines is 2. The van der Waals surface area contributed by atoms with Crippen molar-refractivity contribution in [1.29, 1.82) is 0 Å². The van der Waals surface area contributed by atoms with Gasteiger partial charge in [-0.2, -0.15) is 0 Å². The molecule has 2 aromatic rings. The molecule has 0 atom stereocenters. The maximum atomic E-state index is 13.7. The molecule has 0 saturated carbocycles. The molecule has 1 saturated heterocycles. The van der Waals surface area contributed by atoms with E-state index in [4.69, 9.17) is 0 Å². The van der Waals surface area contributed by atoms with E-state index in [9.17, 15) is 18.8 Å². The fraction of sp³-hybridized carbons (Fsp3) is 0.240. The number of urea groups is 1. The number of hydrogen-bond donors (Lipinski definition) is 1. The quantitative estimate of drug-likeness (QED) is 0.562. The number of hydrogen-bond acceptors (Lipinski definition) is 4. The van der Waals surface area contributed by atoms with Crippen molar-refractivity contribution in [2.24, 2.45) is 0 Å². The number of barbiturate groups is 1. The number of imide groups is 2. The summed E-state index contributed by atoms with van der Waals surface area (Å²) in [5, 5.41) is 2.17. The number of halogens is 1. The average molecular weight is 433 g/mol. The highest BCUT2D eigenvalue weighted by Crippen LogP contribution is 2.39. The van der Waals surface area contributed by atoms with Gasteiger partial charge in [0.2, 0.25) is 0 Å². The summed E-state index contributed by atoms with van der Waals surface area (Å²) in [6.45, 7) is 8.20. The van der Waals surface area contributed by atoms with E-state index >= 15 is 0 Å². The number of fused-ring (bicyclic) bond motifs is 1. The predicted molar refractivity (Wildman–Crippen MR) is 123 cm³/mol. The van der Waals surface area contributed by atoms with Crippen LogP contribution in [0.1, 0.15) is 37.5 Å². The molecule has 2 heterocycles. The minimum Gasteiger partial charge on any atom is -0.365 e. The fourth-order valence-corrected chi connectivity index (χ4v) is 4.14. The molecule has 0 aromatic heterocycles. The Morgan fingerprint density at radius 2 is 1.78 bits per heavy atom. The van der Waals surface area contributed by atoms with Crippen molar-refractivity contribution < 1.29 is 18.8 Å². The Morgan fingerprint density at radius 3 is 2.47 bits per heavy atom. The Bertz CT molecular complexity index is 1240. The number of carbonyl (C=O) groups excluding carboxylic acids is 3. The third-order valence-electron chi connectivity index (χ3n) is 6.07. The SMILES string of the molecule is CC1=CC(C)(C)N(C)c2cc(C)c(/C=C3\C(=O)NC(=O)N(c4cccc(F)c4)C3=O)cc21. The first-order chi connectivity index (χ1) is 15.0. The van der Waals surface area contributed by atoms with E-state index < -0.39 is 23.7 Å². The van der Waals surface area contributed by atoms with Gasteiger partial charge in [-0.15, -0.1) is 0 Å². The lowest BCUT2D eigenvalue weighted by atomic mass is 9.87. The summed E-state index contributed by atoms with van der Waals surface area (Å²) < 4.78 is 13.7. The zero-order valence-electron chi connectivity index (χ0n) is 18.6. The summed E-state index contributed by atoms with van der Waals surface area (Å²) in [6, 6.07) is 8.17. The van der Waals surface area contributed by atoms with E-state index in [1.54, 1.807) is 0 Å². The number of allylic oxidation sites excluding steroid dienone is 1. The van der Waals surface area contributed by atoms with Gasteiger partial charge in [0, 0.05) is 18.3 Å². The first kappa shape index (κ1) is 21.5. The number of likely N-dealkylation sites (N-methyl/N-ethyl adjacent to an activating group) is 1. The number of benzene rings is 2. The van der Waals surface area contributed by atoms with Crippen molar-refractivity contribution in [2.45, 2.75) is 33.2 Å². The Balaban J connectivity index is 1.80. The van der Waals surface area contributed by atoms with Crippen LogP contribution >= 0.6 is 0 Å². The summed E-state index contributed by atoms with van der Waals surface area (Å²) in [7, 11) is 2.03. The van der Waals surface area contributed by atoms with Crippen molar-refractivity contribution >= 4 is 40.9 Å². The molecule has 32 heavy (non-hydrogen) atoms. The first-order valence-electron chi connectivity index (χ1n) is 10.2. The maximum absolute atomic E-state index is 13.7. The zero-order chi connectivity index (χ0) is 23.4. The lowest BCUT2D eigenvalue weighted by Crippen LogP contribution is -2.54. The number of carbonyl (C=O) groups is 3. The number of rotatable bonds is 2. The van der Waals surface area contributed by atoms with E-state index in [1.807, 2.05) is 33.0 Å². The van der Waals surface area contributed by atoms with Gasteiger partial charge in [0.15, 0.2) is 0 Å². The Hall–Kier alpha value is -3.74. The third-order valence-corrected chi connectivity index (χ3v) is 6.07. The Kier molecular flexibility index (Phi) is 5.00. The molecule has 164 valence electrons. The number of nitrogens with one attached hydrogen (secondary N) is 1. The molecule has 2 aliphatic heterocycles. The van der Waals surface area contributed by atoms with Crippen LogP contribution in [-0.2, 0) is 9.59 Å². The van der Waals surface area contributed by atoms with Gasteiger partial charge in [-0.3, -0.25) is 14.9 Å². The van der Waals surface area contributed by atoms with E-state index in [0.717, 1.165) is 33.4 Å². The van der Waals surface area contributed by atoms with Gasteiger partial charge >= 0.3 is 6.03 Å². The van der Waals surface area contributed by atoms with Gasteiger partial charge in [0.1, 0.15) is 11.4 Å². The fourth-order valence-electron chi connectivity index (χ4n) is 4.14. The first-order valence-corrected chi connectivity index (χ1v) is 10.2. The molecule has 0 unspecified atom stereocenters. The summed E-state index contributed by atoms with van der Waals surface area (Å²) in [6.07, 6.45) is 3.66. The van der Waals surface area contributed by atoms with Crippen LogP contribution in [0.5, 0.6) is 0 Å². The van der Waals surface area contributed by atoms with E-state index in [0.29, 0.717) is 5.56 Å². The molecule has 0 bridgehead atoms. The highest BCUT2D eigenvalue weighted by Gasteiger charge is 2.37. The molecule has 1 fully saturated rings. The molecule has 0 spiro atoms. The molecular formula is C25H24FN3O3. The monoisotopic (exact) mass is 433 g/mol. The molecule has 2 aliphatic rings. The van der Waals surface area contributed by atoms with Crippen LogP contribution in [0.25, 0.3) is 11.6 Å². The normalized spacial score (nSPS) is 19.1. The van der Waals surface area contributed by atoms with Crippen molar-refractivity contribution in [3.8, 4) is 0 Å².